The van der Waals surface area contributed by atoms with Crippen molar-refractivity contribution >= 4 is 80.9 Å². The van der Waals surface area contributed by atoms with Gasteiger partial charge in [0.15, 0.2) is 5.13 Å². The molecular formula is C42H34Cl2N4O4S2. The van der Waals surface area contributed by atoms with Crippen molar-refractivity contribution in [2.45, 2.75) is 30.1 Å². The number of anilines is 2. The van der Waals surface area contributed by atoms with Crippen LogP contribution in [0.2, 0.25) is 10.0 Å². The number of nitrogens with one attached hydrogen (secondary N) is 3. The smallest absolute Gasteiger partial charge is 0.272 e. The lowest BCUT2D eigenvalue weighted by molar-refractivity contribution is -0.116. The number of amides is 3. The Morgan fingerprint density at radius 2 is 1.59 bits per heavy atom. The molecule has 0 aliphatic carbocycles. The van der Waals surface area contributed by atoms with Gasteiger partial charge in [-0.1, -0.05) is 96.9 Å². The molecule has 5 aromatic carbocycles. The number of thioether (sulfide) groups is 1. The molecule has 0 radical (unpaired) electrons. The first-order chi connectivity index (χ1) is 26.2. The zero-order valence-electron chi connectivity index (χ0n) is 28.9. The minimum absolute atomic E-state index is 0.0494. The van der Waals surface area contributed by atoms with Gasteiger partial charge in [0.1, 0.15) is 18.1 Å². The first kappa shape index (κ1) is 38.3. The van der Waals surface area contributed by atoms with Gasteiger partial charge in [0.2, 0.25) is 5.91 Å². The summed E-state index contributed by atoms with van der Waals surface area (Å²) < 4.78 is 5.91. The number of aromatic nitrogens is 1. The number of nitrogens with zero attached hydrogens (tertiary/aromatic N) is 1. The van der Waals surface area contributed by atoms with Crippen LogP contribution >= 0.6 is 46.3 Å². The molecule has 0 bridgehead atoms. The van der Waals surface area contributed by atoms with E-state index in [4.69, 9.17) is 27.9 Å². The Kier molecular flexibility index (Phi) is 13.2. The highest BCUT2D eigenvalue weighted by atomic mass is 35.5. The van der Waals surface area contributed by atoms with Gasteiger partial charge in [0.05, 0.1) is 16.0 Å². The molecule has 6 rings (SSSR count). The Bertz CT molecular complexity index is 2270. The molecule has 0 aliphatic heterocycles. The molecule has 12 heteroatoms. The molecule has 54 heavy (non-hydrogen) atoms. The topological polar surface area (TPSA) is 109 Å². The third-order valence-electron chi connectivity index (χ3n) is 7.94. The molecule has 3 N–H and O–H groups in total. The zero-order valence-corrected chi connectivity index (χ0v) is 32.1. The Labute approximate surface area is 331 Å². The molecule has 0 spiro atoms. The predicted molar refractivity (Wildman–Crippen MR) is 220 cm³/mol. The number of rotatable bonds is 14. The standard InChI is InChI=1S/C42H34Cl2N4O4S2/c1-2-38(41(51)48-42-47-37(26-53-42)34-21-18-30(43)23-35(34)44)54-33-15-9-14-31(24-33)45-40(50)36(46-39(49)29-12-7-4-8-13-29)22-27-16-19-32(20-17-27)52-25-28-10-5-3-6-11-28/h3-24,26,38H,2,25H2,1H3,(H,45,50)(H,46,49)(H,47,48,51)/b36-22-. The zero-order chi connectivity index (χ0) is 37.9. The SMILES string of the molecule is CCC(Sc1cccc(NC(=O)/C(=C/c2ccc(OCc3ccccc3)cc2)NC(=O)c2ccccc2)c1)C(=O)Nc1nc(-c2ccc(Cl)cc2Cl)cs1. The van der Waals surface area contributed by atoms with E-state index in [0.29, 0.717) is 56.5 Å². The van der Waals surface area contributed by atoms with E-state index in [1.165, 1.54) is 23.1 Å². The van der Waals surface area contributed by atoms with Crippen LogP contribution < -0.4 is 20.7 Å². The van der Waals surface area contributed by atoms with E-state index in [-0.39, 0.29) is 11.6 Å². The van der Waals surface area contributed by atoms with Crippen LogP contribution in [0, 0.1) is 0 Å². The summed E-state index contributed by atoms with van der Waals surface area (Å²) in [6, 6.07) is 38.2. The second-order valence-corrected chi connectivity index (χ2v) is 14.8. The maximum Gasteiger partial charge on any atom is 0.272 e. The third-order valence-corrected chi connectivity index (χ3v) is 10.6. The number of ether oxygens (including phenoxy) is 1. The molecule has 0 saturated heterocycles. The van der Waals surface area contributed by atoms with E-state index in [9.17, 15) is 14.4 Å². The normalized spacial score (nSPS) is 11.7. The van der Waals surface area contributed by atoms with Crippen LogP contribution in [-0.2, 0) is 16.2 Å². The number of benzene rings is 5. The molecule has 1 unspecified atom stereocenters. The summed E-state index contributed by atoms with van der Waals surface area (Å²) in [5, 5.41) is 11.4. The van der Waals surface area contributed by atoms with Gasteiger partial charge in [-0.05, 0) is 84.3 Å². The highest BCUT2D eigenvalue weighted by Gasteiger charge is 2.21. The lowest BCUT2D eigenvalue weighted by Gasteiger charge is -2.15. The van der Waals surface area contributed by atoms with Crippen molar-refractivity contribution in [3.05, 3.63) is 165 Å². The van der Waals surface area contributed by atoms with E-state index in [1.807, 2.05) is 79.0 Å². The van der Waals surface area contributed by atoms with Crippen molar-refractivity contribution in [1.29, 1.82) is 0 Å². The Morgan fingerprint density at radius 1 is 0.852 bits per heavy atom. The maximum atomic E-state index is 13.7. The summed E-state index contributed by atoms with van der Waals surface area (Å²) in [4.78, 5) is 45.6. The summed E-state index contributed by atoms with van der Waals surface area (Å²) in [5.41, 5.74) is 4.04. The van der Waals surface area contributed by atoms with Gasteiger partial charge in [-0.15, -0.1) is 23.1 Å². The molecular weight excluding hydrogens is 760 g/mol. The molecule has 1 heterocycles. The number of halogens is 2. The molecule has 3 amide bonds. The Balaban J connectivity index is 1.13. The van der Waals surface area contributed by atoms with Gasteiger partial charge in [-0.3, -0.25) is 14.4 Å². The van der Waals surface area contributed by atoms with Crippen LogP contribution in [-0.4, -0.2) is 28.0 Å². The van der Waals surface area contributed by atoms with Crippen molar-refractivity contribution in [2.24, 2.45) is 0 Å². The first-order valence-electron chi connectivity index (χ1n) is 16.9. The van der Waals surface area contributed by atoms with Gasteiger partial charge in [0.25, 0.3) is 11.8 Å². The van der Waals surface area contributed by atoms with E-state index >= 15 is 0 Å². The molecule has 8 nitrogen and oxygen atoms in total. The monoisotopic (exact) mass is 792 g/mol. The Hall–Kier alpha value is -5.39. The average Bonchev–Trinajstić information content (AvgIpc) is 3.65. The van der Waals surface area contributed by atoms with Crippen LogP contribution in [0.4, 0.5) is 10.8 Å². The van der Waals surface area contributed by atoms with Crippen molar-refractivity contribution < 1.29 is 19.1 Å². The fraction of sp³-hybridized carbons (Fsp3) is 0.0952. The fourth-order valence-electron chi connectivity index (χ4n) is 5.18. The minimum atomic E-state index is -0.518. The largest absolute Gasteiger partial charge is 0.489 e. The molecule has 6 aromatic rings. The third kappa shape index (κ3) is 10.6. The van der Waals surface area contributed by atoms with Crippen LogP contribution in [0.1, 0.15) is 34.8 Å². The summed E-state index contributed by atoms with van der Waals surface area (Å²) in [6.07, 6.45) is 2.15. The maximum absolute atomic E-state index is 13.7. The number of hydrogen-bond donors (Lipinski definition) is 3. The number of hydrogen-bond acceptors (Lipinski definition) is 7. The summed E-state index contributed by atoms with van der Waals surface area (Å²) in [7, 11) is 0. The lowest BCUT2D eigenvalue weighted by atomic mass is 10.1. The van der Waals surface area contributed by atoms with Gasteiger partial charge in [0, 0.05) is 32.1 Å². The van der Waals surface area contributed by atoms with E-state index in [2.05, 4.69) is 20.9 Å². The molecule has 0 aliphatic rings. The quantitative estimate of drug-likeness (QED) is 0.0748. The molecule has 1 atom stereocenters. The fourth-order valence-corrected chi connectivity index (χ4v) is 7.41. The predicted octanol–water partition coefficient (Wildman–Crippen LogP) is 10.6. The average molecular weight is 794 g/mol. The van der Waals surface area contributed by atoms with Crippen LogP contribution in [0.5, 0.6) is 5.75 Å². The lowest BCUT2D eigenvalue weighted by Crippen LogP contribution is -2.30. The number of carbonyl (C=O) groups excluding carboxylic acids is 3. The number of carbonyl (C=O) groups is 3. The summed E-state index contributed by atoms with van der Waals surface area (Å²) in [6.45, 7) is 2.35. The van der Waals surface area contributed by atoms with E-state index < -0.39 is 17.1 Å². The molecule has 272 valence electrons. The van der Waals surface area contributed by atoms with Gasteiger partial charge < -0.3 is 20.7 Å². The molecule has 0 saturated carbocycles. The Morgan fingerprint density at radius 3 is 2.31 bits per heavy atom. The van der Waals surface area contributed by atoms with Crippen LogP contribution in [0.15, 0.2) is 143 Å². The van der Waals surface area contributed by atoms with E-state index in [0.717, 1.165) is 16.0 Å². The van der Waals surface area contributed by atoms with Gasteiger partial charge >= 0.3 is 0 Å². The van der Waals surface area contributed by atoms with Crippen LogP contribution in [0.3, 0.4) is 0 Å². The van der Waals surface area contributed by atoms with E-state index in [1.54, 1.807) is 66.7 Å². The first-order valence-corrected chi connectivity index (χ1v) is 19.4. The summed E-state index contributed by atoms with van der Waals surface area (Å²) >= 11 is 15.1. The molecule has 1 aromatic heterocycles. The highest BCUT2D eigenvalue weighted by molar-refractivity contribution is 8.00. The number of thiazole rings is 1. The second-order valence-electron chi connectivity index (χ2n) is 11.9. The summed E-state index contributed by atoms with van der Waals surface area (Å²) in [5.74, 6) is -0.478. The second kappa shape index (κ2) is 18.6. The van der Waals surface area contributed by atoms with Gasteiger partial charge in [-0.2, -0.15) is 0 Å². The van der Waals surface area contributed by atoms with Crippen molar-refractivity contribution in [3.63, 3.8) is 0 Å². The molecule has 0 fully saturated rings. The van der Waals surface area contributed by atoms with Gasteiger partial charge in [-0.25, -0.2) is 4.98 Å². The van der Waals surface area contributed by atoms with Crippen LogP contribution in [0.25, 0.3) is 17.3 Å². The minimum Gasteiger partial charge on any atom is -0.489 e. The highest BCUT2D eigenvalue weighted by Crippen LogP contribution is 2.33. The van der Waals surface area contributed by atoms with Crippen molar-refractivity contribution in [2.75, 3.05) is 10.6 Å². The van der Waals surface area contributed by atoms with Crippen molar-refractivity contribution in [3.8, 4) is 17.0 Å². The van der Waals surface area contributed by atoms with Crippen molar-refractivity contribution in [1.82, 2.24) is 10.3 Å².